The van der Waals surface area contributed by atoms with Gasteiger partial charge in [-0.15, -0.1) is 0 Å². The maximum Gasteiger partial charge on any atom is 0.251 e. The van der Waals surface area contributed by atoms with Crippen LogP contribution < -0.4 is 14.8 Å². The Bertz CT molecular complexity index is 458. The lowest BCUT2D eigenvalue weighted by atomic mass is 10.1. The van der Waals surface area contributed by atoms with Gasteiger partial charge in [-0.25, -0.2) is 0 Å². The summed E-state index contributed by atoms with van der Waals surface area (Å²) in [6, 6.07) is 5.64. The number of nitrogens with one attached hydrogen (secondary N) is 1. The Morgan fingerprint density at radius 1 is 1.28 bits per heavy atom. The molecule has 1 aromatic carbocycles. The zero-order valence-corrected chi connectivity index (χ0v) is 10.8. The van der Waals surface area contributed by atoms with Gasteiger partial charge in [0.15, 0.2) is 11.5 Å². The summed E-state index contributed by atoms with van der Waals surface area (Å²) in [7, 11) is 0. The van der Waals surface area contributed by atoms with Crippen LogP contribution in [0.3, 0.4) is 0 Å². The molecule has 0 unspecified atom stereocenters. The molecule has 0 aromatic heterocycles. The third-order valence-corrected chi connectivity index (χ3v) is 4.23. The largest absolute Gasteiger partial charge is 0.486 e. The summed E-state index contributed by atoms with van der Waals surface area (Å²) in [6.45, 7) is 1.11. The van der Waals surface area contributed by atoms with Crippen molar-refractivity contribution in [2.75, 3.05) is 24.7 Å². The summed E-state index contributed by atoms with van der Waals surface area (Å²) >= 11 is 1.88. The van der Waals surface area contributed by atoms with Crippen molar-refractivity contribution in [3.63, 3.8) is 0 Å². The molecule has 2 aliphatic rings. The molecule has 1 aromatic rings. The molecule has 0 spiro atoms. The van der Waals surface area contributed by atoms with Gasteiger partial charge in [0.1, 0.15) is 13.2 Å². The van der Waals surface area contributed by atoms with Crippen LogP contribution >= 0.6 is 11.8 Å². The monoisotopic (exact) mass is 265 g/mol. The second-order valence-corrected chi connectivity index (χ2v) is 5.54. The summed E-state index contributed by atoms with van der Waals surface area (Å²) in [6.07, 6.45) is 1.06. The van der Waals surface area contributed by atoms with E-state index in [2.05, 4.69) is 5.32 Å². The Kier molecular flexibility index (Phi) is 3.32. The van der Waals surface area contributed by atoms with Crippen LogP contribution in [0.4, 0.5) is 0 Å². The molecule has 5 heteroatoms. The van der Waals surface area contributed by atoms with Crippen LogP contribution in [0.1, 0.15) is 16.8 Å². The molecule has 0 radical (unpaired) electrons. The quantitative estimate of drug-likeness (QED) is 0.884. The van der Waals surface area contributed by atoms with E-state index in [1.165, 1.54) is 0 Å². The number of hydrogen-bond acceptors (Lipinski definition) is 4. The standard InChI is InChI=1S/C13H15NO3S/c15-13(14-10-3-6-18-8-10)9-1-2-11-12(7-9)17-5-4-16-11/h1-2,7,10H,3-6,8H2,(H,14,15)/t10-/m0/s1. The smallest absolute Gasteiger partial charge is 0.251 e. The van der Waals surface area contributed by atoms with Crippen molar-refractivity contribution in [2.24, 2.45) is 0 Å². The Hall–Kier alpha value is -1.36. The first kappa shape index (κ1) is 11.7. The first-order valence-electron chi connectivity index (χ1n) is 6.11. The van der Waals surface area contributed by atoms with Crippen LogP contribution in [0.15, 0.2) is 18.2 Å². The number of carbonyl (C=O) groups is 1. The number of carbonyl (C=O) groups excluding carboxylic acids is 1. The van der Waals surface area contributed by atoms with Crippen molar-refractivity contribution in [1.82, 2.24) is 5.32 Å². The summed E-state index contributed by atoms with van der Waals surface area (Å²) in [5, 5.41) is 3.05. The summed E-state index contributed by atoms with van der Waals surface area (Å²) in [4.78, 5) is 12.1. The maximum absolute atomic E-state index is 12.1. The van der Waals surface area contributed by atoms with Gasteiger partial charge in [-0.1, -0.05) is 0 Å². The highest BCUT2D eigenvalue weighted by Gasteiger charge is 2.20. The lowest BCUT2D eigenvalue weighted by Gasteiger charge is -2.19. The van der Waals surface area contributed by atoms with Gasteiger partial charge in [0, 0.05) is 17.4 Å². The molecule has 1 N–H and O–H groups in total. The molecule has 4 nitrogen and oxygen atoms in total. The first-order valence-corrected chi connectivity index (χ1v) is 7.26. The van der Waals surface area contributed by atoms with Crippen molar-refractivity contribution >= 4 is 17.7 Å². The highest BCUT2D eigenvalue weighted by molar-refractivity contribution is 7.99. The molecule has 96 valence electrons. The summed E-state index contributed by atoms with van der Waals surface area (Å²) in [5.74, 6) is 3.49. The van der Waals surface area contributed by atoms with Gasteiger partial charge < -0.3 is 14.8 Å². The molecule has 2 heterocycles. The number of rotatable bonds is 2. The van der Waals surface area contributed by atoms with Crippen molar-refractivity contribution in [2.45, 2.75) is 12.5 Å². The van der Waals surface area contributed by atoms with Crippen LogP contribution in [0.2, 0.25) is 0 Å². The Balaban J connectivity index is 1.73. The molecule has 1 fully saturated rings. The fourth-order valence-corrected chi connectivity index (χ4v) is 3.25. The van der Waals surface area contributed by atoms with Crippen molar-refractivity contribution < 1.29 is 14.3 Å². The van der Waals surface area contributed by atoms with Crippen LogP contribution in [0, 0.1) is 0 Å². The molecule has 0 saturated carbocycles. The maximum atomic E-state index is 12.1. The van der Waals surface area contributed by atoms with Gasteiger partial charge in [0.2, 0.25) is 0 Å². The SMILES string of the molecule is O=C(N[C@H]1CCSC1)c1ccc2c(c1)OCCO2. The number of fused-ring (bicyclic) bond motifs is 1. The fraction of sp³-hybridized carbons (Fsp3) is 0.462. The highest BCUT2D eigenvalue weighted by Crippen LogP contribution is 2.30. The van der Waals surface area contributed by atoms with E-state index < -0.39 is 0 Å². The first-order chi connectivity index (χ1) is 8.83. The third kappa shape index (κ3) is 2.41. The van der Waals surface area contributed by atoms with Gasteiger partial charge >= 0.3 is 0 Å². The highest BCUT2D eigenvalue weighted by atomic mass is 32.2. The summed E-state index contributed by atoms with van der Waals surface area (Å²) < 4.78 is 10.9. The Labute approximate surface area is 110 Å². The average Bonchev–Trinajstić information content (AvgIpc) is 2.91. The van der Waals surface area contributed by atoms with Crippen LogP contribution in [-0.2, 0) is 0 Å². The van der Waals surface area contributed by atoms with Crippen LogP contribution in [0.25, 0.3) is 0 Å². The summed E-state index contributed by atoms with van der Waals surface area (Å²) in [5.41, 5.74) is 0.635. The minimum absolute atomic E-state index is 0.0283. The number of ether oxygens (including phenoxy) is 2. The van der Waals surface area contributed by atoms with E-state index in [1.54, 1.807) is 18.2 Å². The van der Waals surface area contributed by atoms with E-state index in [9.17, 15) is 4.79 Å². The third-order valence-electron chi connectivity index (χ3n) is 3.07. The zero-order chi connectivity index (χ0) is 12.4. The van der Waals surface area contributed by atoms with Crippen molar-refractivity contribution in [3.8, 4) is 11.5 Å². The zero-order valence-electron chi connectivity index (χ0n) is 9.98. The van der Waals surface area contributed by atoms with E-state index >= 15 is 0 Å². The van der Waals surface area contributed by atoms with E-state index in [1.807, 2.05) is 11.8 Å². The molecule has 2 aliphatic heterocycles. The number of amides is 1. The number of thioether (sulfide) groups is 1. The lowest BCUT2D eigenvalue weighted by Crippen LogP contribution is -2.34. The second-order valence-electron chi connectivity index (χ2n) is 4.39. The van der Waals surface area contributed by atoms with Gasteiger partial charge in [-0.05, 0) is 30.4 Å². The van der Waals surface area contributed by atoms with Gasteiger partial charge in [0.05, 0.1) is 0 Å². The van der Waals surface area contributed by atoms with Gasteiger partial charge in [0.25, 0.3) is 5.91 Å². The lowest BCUT2D eigenvalue weighted by molar-refractivity contribution is 0.0940. The predicted molar refractivity (Wildman–Crippen MR) is 70.6 cm³/mol. The second kappa shape index (κ2) is 5.10. The molecule has 1 atom stereocenters. The predicted octanol–water partition coefficient (Wildman–Crippen LogP) is 1.69. The number of benzene rings is 1. The van der Waals surface area contributed by atoms with E-state index in [0.29, 0.717) is 36.3 Å². The molecule has 1 amide bonds. The molecule has 0 bridgehead atoms. The minimum atomic E-state index is -0.0283. The normalized spacial score (nSPS) is 21.7. The molecule has 18 heavy (non-hydrogen) atoms. The molecule has 0 aliphatic carbocycles. The molecule has 3 rings (SSSR count). The van der Waals surface area contributed by atoms with E-state index in [4.69, 9.17) is 9.47 Å². The van der Waals surface area contributed by atoms with E-state index in [-0.39, 0.29) is 5.91 Å². The van der Waals surface area contributed by atoms with Gasteiger partial charge in [-0.3, -0.25) is 4.79 Å². The molecular weight excluding hydrogens is 250 g/mol. The molecular formula is C13H15NO3S. The van der Waals surface area contributed by atoms with Crippen molar-refractivity contribution in [1.29, 1.82) is 0 Å². The van der Waals surface area contributed by atoms with Crippen LogP contribution in [-0.4, -0.2) is 36.7 Å². The van der Waals surface area contributed by atoms with Crippen LogP contribution in [0.5, 0.6) is 11.5 Å². The topological polar surface area (TPSA) is 47.6 Å². The fourth-order valence-electron chi connectivity index (χ4n) is 2.10. The van der Waals surface area contributed by atoms with E-state index in [0.717, 1.165) is 17.9 Å². The number of hydrogen-bond donors (Lipinski definition) is 1. The Morgan fingerprint density at radius 2 is 2.11 bits per heavy atom. The van der Waals surface area contributed by atoms with Gasteiger partial charge in [-0.2, -0.15) is 11.8 Å². The Morgan fingerprint density at radius 3 is 2.89 bits per heavy atom. The average molecular weight is 265 g/mol. The minimum Gasteiger partial charge on any atom is -0.486 e. The molecule has 1 saturated heterocycles. The van der Waals surface area contributed by atoms with Crippen molar-refractivity contribution in [3.05, 3.63) is 23.8 Å².